The van der Waals surface area contributed by atoms with Gasteiger partial charge in [0.15, 0.2) is 0 Å². The maximum atomic E-state index is 14.8. The van der Waals surface area contributed by atoms with Crippen molar-refractivity contribution in [3.63, 3.8) is 0 Å². The fourth-order valence-electron chi connectivity index (χ4n) is 3.84. The molecule has 1 amide bonds. The Morgan fingerprint density at radius 2 is 1.92 bits per heavy atom. The smallest absolute Gasteiger partial charge is 0.348 e. The first kappa shape index (κ1) is 23.7. The molecule has 3 aromatic carbocycles. The summed E-state index contributed by atoms with van der Waals surface area (Å²) in [6.45, 7) is -0.0514. The van der Waals surface area contributed by atoms with Crippen LogP contribution in [-0.4, -0.2) is 25.9 Å². The molecule has 5 aromatic rings. The second kappa shape index (κ2) is 9.23. The van der Waals surface area contributed by atoms with Gasteiger partial charge in [-0.25, -0.2) is 9.07 Å². The Hall–Kier alpha value is -4.98. The molecule has 2 N–H and O–H groups in total. The Morgan fingerprint density at radius 3 is 2.68 bits per heavy atom. The van der Waals surface area contributed by atoms with E-state index in [1.165, 1.54) is 41.2 Å². The molecule has 0 aliphatic rings. The summed E-state index contributed by atoms with van der Waals surface area (Å²) >= 11 is 0. The molecule has 0 aliphatic carbocycles. The number of H-pyrrole nitrogens is 1. The maximum absolute atomic E-state index is 14.8. The fraction of sp³-hybridized carbons (Fsp3) is 0.0769. The highest BCUT2D eigenvalue weighted by atomic mass is 19.4. The first-order chi connectivity index (χ1) is 17.7. The van der Waals surface area contributed by atoms with E-state index >= 15 is 0 Å². The quantitative estimate of drug-likeness (QED) is 0.314. The van der Waals surface area contributed by atoms with Gasteiger partial charge in [0.25, 0.3) is 5.91 Å². The summed E-state index contributed by atoms with van der Waals surface area (Å²) in [6.07, 6.45) is -1.60. The lowest BCUT2D eigenvalue weighted by Gasteiger charge is -2.10. The van der Waals surface area contributed by atoms with Gasteiger partial charge in [-0.3, -0.25) is 9.89 Å². The zero-order valence-corrected chi connectivity index (χ0v) is 18.8. The molecule has 0 saturated carbocycles. The predicted molar refractivity (Wildman–Crippen MR) is 126 cm³/mol. The third-order valence-electron chi connectivity index (χ3n) is 5.77. The van der Waals surface area contributed by atoms with Crippen LogP contribution in [0.1, 0.15) is 27.0 Å². The number of nitriles is 1. The molecule has 37 heavy (non-hydrogen) atoms. The van der Waals surface area contributed by atoms with Crippen LogP contribution in [0, 0.1) is 17.1 Å². The normalized spacial score (nSPS) is 11.4. The van der Waals surface area contributed by atoms with E-state index in [9.17, 15) is 22.4 Å². The van der Waals surface area contributed by atoms with Crippen LogP contribution in [0.15, 0.2) is 73.1 Å². The van der Waals surface area contributed by atoms with Gasteiger partial charge in [0.05, 0.1) is 40.3 Å². The van der Waals surface area contributed by atoms with Crippen molar-refractivity contribution in [2.75, 3.05) is 0 Å². The largest absolute Gasteiger partial charge is 0.417 e. The zero-order chi connectivity index (χ0) is 26.2. The van der Waals surface area contributed by atoms with Crippen LogP contribution in [0.2, 0.25) is 0 Å². The van der Waals surface area contributed by atoms with Crippen LogP contribution >= 0.6 is 0 Å². The minimum absolute atomic E-state index is 0.0514. The van der Waals surface area contributed by atoms with Crippen LogP contribution in [0.25, 0.3) is 27.8 Å². The summed E-state index contributed by atoms with van der Waals surface area (Å²) in [4.78, 5) is 12.5. The number of hydrogen-bond acceptors (Lipinski definition) is 4. The monoisotopic (exact) mass is 504 g/mol. The average molecular weight is 504 g/mol. The highest BCUT2D eigenvalue weighted by molar-refractivity contribution is 5.97. The topological polar surface area (TPSA) is 99.4 Å². The van der Waals surface area contributed by atoms with Gasteiger partial charge in [0.1, 0.15) is 5.82 Å². The summed E-state index contributed by atoms with van der Waals surface area (Å²) in [5.74, 6) is -0.957. The van der Waals surface area contributed by atoms with Gasteiger partial charge in [-0.15, -0.1) is 0 Å². The van der Waals surface area contributed by atoms with E-state index < -0.39 is 23.1 Å². The van der Waals surface area contributed by atoms with E-state index in [2.05, 4.69) is 20.6 Å². The summed E-state index contributed by atoms with van der Waals surface area (Å²) in [7, 11) is 0. The average Bonchev–Trinajstić information content (AvgIpc) is 3.56. The Labute approximate surface area is 207 Å². The number of alkyl halides is 3. The Bertz CT molecular complexity index is 1680. The van der Waals surface area contributed by atoms with Gasteiger partial charge >= 0.3 is 6.18 Å². The second-order valence-electron chi connectivity index (χ2n) is 8.15. The van der Waals surface area contributed by atoms with Crippen molar-refractivity contribution in [2.24, 2.45) is 0 Å². The van der Waals surface area contributed by atoms with Crippen molar-refractivity contribution in [3.05, 3.63) is 101 Å². The Morgan fingerprint density at radius 1 is 1.08 bits per heavy atom. The molecular weight excluding hydrogens is 488 g/mol. The summed E-state index contributed by atoms with van der Waals surface area (Å²) in [6, 6.07) is 15.7. The molecule has 11 heteroatoms. The Kier molecular flexibility index (Phi) is 5.93. The van der Waals surface area contributed by atoms with Crippen molar-refractivity contribution in [3.8, 4) is 23.0 Å². The van der Waals surface area contributed by atoms with Crippen molar-refractivity contribution in [1.82, 2.24) is 25.3 Å². The minimum atomic E-state index is -4.69. The van der Waals surface area contributed by atoms with Crippen molar-refractivity contribution in [2.45, 2.75) is 12.7 Å². The number of aromatic amines is 1. The zero-order valence-electron chi connectivity index (χ0n) is 18.8. The molecule has 0 aliphatic heterocycles. The van der Waals surface area contributed by atoms with E-state index in [1.807, 2.05) is 0 Å². The van der Waals surface area contributed by atoms with E-state index in [1.54, 1.807) is 30.5 Å². The number of carbonyl (C=O) groups excluding carboxylic acids is 1. The highest BCUT2D eigenvalue weighted by Crippen LogP contribution is 2.34. The highest BCUT2D eigenvalue weighted by Gasteiger charge is 2.34. The number of nitrogens with zero attached hydrogens (tertiary/aromatic N) is 4. The van der Waals surface area contributed by atoms with Crippen LogP contribution < -0.4 is 5.32 Å². The third-order valence-corrected chi connectivity index (χ3v) is 5.77. The van der Waals surface area contributed by atoms with Crippen LogP contribution in [-0.2, 0) is 12.7 Å². The molecule has 184 valence electrons. The molecule has 7 nitrogen and oxygen atoms in total. The molecule has 5 rings (SSSR count). The van der Waals surface area contributed by atoms with Crippen molar-refractivity contribution >= 4 is 16.8 Å². The minimum Gasteiger partial charge on any atom is -0.348 e. The van der Waals surface area contributed by atoms with Gasteiger partial charge in [-0.1, -0.05) is 12.1 Å². The molecule has 0 saturated heterocycles. The fourth-order valence-corrected chi connectivity index (χ4v) is 3.84. The summed E-state index contributed by atoms with van der Waals surface area (Å²) in [5.41, 5.74) is 0.641. The molecule has 2 heterocycles. The van der Waals surface area contributed by atoms with Crippen LogP contribution in [0.5, 0.6) is 0 Å². The number of rotatable bonds is 5. The van der Waals surface area contributed by atoms with Gasteiger partial charge in [-0.05, 0) is 48.5 Å². The van der Waals surface area contributed by atoms with E-state index in [0.29, 0.717) is 11.3 Å². The molecule has 0 atom stereocenters. The SMILES string of the molecule is N#Cc1ccc(-c2ccn(-c3ccc(CNC(=O)c4ccc5[nH]ncc5c4)c(F)c3)n2)cc1C(F)(F)F. The van der Waals surface area contributed by atoms with E-state index in [4.69, 9.17) is 5.26 Å². The first-order valence-corrected chi connectivity index (χ1v) is 10.9. The molecule has 2 aromatic heterocycles. The standard InChI is InChI=1S/C26H16F4N6O/c27-22-11-20(5-3-18(22)13-32-25(37)16-4-6-23-19(9-16)14-33-34-23)36-8-7-24(35-36)15-1-2-17(12-31)21(10-15)26(28,29)30/h1-11,14H,13H2,(H,32,37)(H,33,34). The predicted octanol–water partition coefficient (Wildman–Crippen LogP) is 5.38. The van der Waals surface area contributed by atoms with Gasteiger partial charge in [0.2, 0.25) is 0 Å². The molecule has 0 spiro atoms. The molecule has 0 unspecified atom stereocenters. The molecule has 0 radical (unpaired) electrons. The number of aromatic nitrogens is 4. The van der Waals surface area contributed by atoms with Crippen molar-refractivity contribution in [1.29, 1.82) is 5.26 Å². The lowest BCUT2D eigenvalue weighted by atomic mass is 10.0. The first-order valence-electron chi connectivity index (χ1n) is 10.9. The van der Waals surface area contributed by atoms with Gasteiger partial charge in [0, 0.05) is 34.8 Å². The van der Waals surface area contributed by atoms with Gasteiger partial charge in [-0.2, -0.15) is 28.6 Å². The van der Waals surface area contributed by atoms with E-state index in [0.717, 1.165) is 23.0 Å². The third kappa shape index (κ3) is 4.77. The molecule has 0 fully saturated rings. The van der Waals surface area contributed by atoms with E-state index in [-0.39, 0.29) is 29.3 Å². The number of nitrogens with one attached hydrogen (secondary N) is 2. The number of halogens is 4. The molecular formula is C26H16F4N6O. The van der Waals surface area contributed by atoms with Crippen LogP contribution in [0.4, 0.5) is 17.6 Å². The summed E-state index contributed by atoms with van der Waals surface area (Å²) in [5, 5.41) is 23.4. The summed E-state index contributed by atoms with van der Waals surface area (Å²) < 4.78 is 56.0. The number of hydrogen-bond donors (Lipinski definition) is 2. The lowest BCUT2D eigenvalue weighted by molar-refractivity contribution is -0.137. The van der Waals surface area contributed by atoms with Crippen molar-refractivity contribution < 1.29 is 22.4 Å². The van der Waals surface area contributed by atoms with Gasteiger partial charge < -0.3 is 5.32 Å². The van der Waals surface area contributed by atoms with Crippen LogP contribution in [0.3, 0.4) is 0 Å². The second-order valence-corrected chi connectivity index (χ2v) is 8.15. The number of carbonyl (C=O) groups is 1. The number of amides is 1. The number of benzene rings is 3. The lowest BCUT2D eigenvalue weighted by Crippen LogP contribution is -2.23. The molecule has 0 bridgehead atoms. The number of fused-ring (bicyclic) bond motifs is 1. The Balaban J connectivity index is 1.32. The maximum Gasteiger partial charge on any atom is 0.417 e.